The van der Waals surface area contributed by atoms with E-state index < -0.39 is 12.0 Å². The molecular weight excluding hydrogens is 310 g/mol. The van der Waals surface area contributed by atoms with E-state index in [2.05, 4.69) is 20.8 Å². The van der Waals surface area contributed by atoms with Crippen LogP contribution in [0, 0.1) is 0 Å². The average molecular weight is 335 g/mol. The molecule has 1 amide bonds. The fourth-order valence-corrected chi connectivity index (χ4v) is 2.91. The molecule has 24 heavy (non-hydrogen) atoms. The van der Waals surface area contributed by atoms with Gasteiger partial charge in [0.15, 0.2) is 6.61 Å². The highest BCUT2D eigenvalue weighted by atomic mass is 16.5. The lowest BCUT2D eigenvalue weighted by Gasteiger charge is -2.24. The molecule has 1 aromatic rings. The van der Waals surface area contributed by atoms with E-state index in [1.807, 2.05) is 24.3 Å². The Hall–Kier alpha value is -2.08. The van der Waals surface area contributed by atoms with Crippen LogP contribution in [0.5, 0.6) is 5.75 Å². The number of hydrogen-bond acceptors (Lipinski definition) is 4. The van der Waals surface area contributed by atoms with Crippen molar-refractivity contribution in [3.8, 4) is 5.75 Å². The van der Waals surface area contributed by atoms with Gasteiger partial charge in [0.25, 0.3) is 5.91 Å². The molecule has 0 spiro atoms. The van der Waals surface area contributed by atoms with Crippen molar-refractivity contribution in [3.05, 3.63) is 29.8 Å². The van der Waals surface area contributed by atoms with Crippen LogP contribution in [0.1, 0.15) is 32.8 Å². The van der Waals surface area contributed by atoms with Crippen LogP contribution >= 0.6 is 0 Å². The molecule has 2 atom stereocenters. The molecule has 132 valence electrons. The lowest BCUT2D eigenvalue weighted by atomic mass is 9.86. The Kier molecular flexibility index (Phi) is 5.49. The van der Waals surface area contributed by atoms with Gasteiger partial charge in [-0.25, -0.2) is 4.79 Å². The normalized spacial score (nSPS) is 20.9. The van der Waals surface area contributed by atoms with E-state index in [1.165, 1.54) is 12.0 Å². The smallest absolute Gasteiger partial charge is 0.326 e. The Morgan fingerprint density at radius 1 is 1.29 bits per heavy atom. The molecule has 0 saturated carbocycles. The zero-order valence-corrected chi connectivity index (χ0v) is 14.6. The molecule has 6 heteroatoms. The molecule has 0 aliphatic carbocycles. The molecule has 0 aromatic heterocycles. The second-order valence-electron chi connectivity index (χ2n) is 7.03. The third kappa shape index (κ3) is 4.06. The molecule has 2 unspecified atom stereocenters. The number of hydrogen-bond donors (Lipinski definition) is 1. The summed E-state index contributed by atoms with van der Waals surface area (Å²) in [6.07, 6.45) is 0.0489. The lowest BCUT2D eigenvalue weighted by Crippen LogP contribution is -2.43. The minimum Gasteiger partial charge on any atom is -0.483 e. The number of carboxylic acids is 1. The van der Waals surface area contributed by atoms with Crippen LogP contribution in [0.3, 0.4) is 0 Å². The molecule has 0 radical (unpaired) electrons. The minimum absolute atomic E-state index is 0.113. The highest BCUT2D eigenvalue weighted by molar-refractivity contribution is 5.85. The fraction of sp³-hybridized carbons (Fsp3) is 0.556. The zero-order valence-electron chi connectivity index (χ0n) is 14.6. The second-order valence-corrected chi connectivity index (χ2v) is 7.03. The Morgan fingerprint density at radius 2 is 1.96 bits per heavy atom. The molecule has 1 saturated heterocycles. The average Bonchev–Trinajstić information content (AvgIpc) is 2.96. The first-order valence-electron chi connectivity index (χ1n) is 8.01. The summed E-state index contributed by atoms with van der Waals surface area (Å²) >= 11 is 0. The first kappa shape index (κ1) is 18.3. The summed E-state index contributed by atoms with van der Waals surface area (Å²) in [5.41, 5.74) is 0.890. The number of aliphatic carboxylic acids is 1. The standard InChI is InChI=1S/C18H25NO5/c1-18(2,3)13-7-5-6-8-15(13)24-11-16(20)19-10-12(23-4)9-14(19)17(21)22/h5-8,12,14H,9-11H2,1-4H3,(H,21,22). The SMILES string of the molecule is COC1CC(C(=O)O)N(C(=O)COc2ccccc2C(C)(C)C)C1. The molecule has 1 N–H and O–H groups in total. The van der Waals surface area contributed by atoms with Crippen LogP contribution in [0.2, 0.25) is 0 Å². The van der Waals surface area contributed by atoms with Crippen molar-refractivity contribution < 1.29 is 24.2 Å². The maximum Gasteiger partial charge on any atom is 0.326 e. The van der Waals surface area contributed by atoms with Gasteiger partial charge < -0.3 is 19.5 Å². The van der Waals surface area contributed by atoms with Gasteiger partial charge in [0.1, 0.15) is 11.8 Å². The van der Waals surface area contributed by atoms with Gasteiger partial charge in [0, 0.05) is 20.1 Å². The highest BCUT2D eigenvalue weighted by Crippen LogP contribution is 2.31. The fourth-order valence-electron chi connectivity index (χ4n) is 2.91. The molecule has 2 rings (SSSR count). The molecule has 1 fully saturated rings. The molecule has 1 aromatic carbocycles. The van der Waals surface area contributed by atoms with Gasteiger partial charge in [-0.1, -0.05) is 39.0 Å². The van der Waals surface area contributed by atoms with E-state index >= 15 is 0 Å². The number of benzene rings is 1. The van der Waals surface area contributed by atoms with Crippen LogP contribution < -0.4 is 4.74 Å². The van der Waals surface area contributed by atoms with Gasteiger partial charge in [-0.2, -0.15) is 0 Å². The van der Waals surface area contributed by atoms with Crippen molar-refractivity contribution in [1.29, 1.82) is 0 Å². The summed E-state index contributed by atoms with van der Waals surface area (Å²) in [6.45, 7) is 6.30. The first-order chi connectivity index (χ1) is 11.2. The third-order valence-corrected chi connectivity index (χ3v) is 4.25. The van der Waals surface area contributed by atoms with Gasteiger partial charge in [0.05, 0.1) is 6.10 Å². The second kappa shape index (κ2) is 7.21. The maximum absolute atomic E-state index is 12.4. The van der Waals surface area contributed by atoms with Crippen LogP contribution in [0.25, 0.3) is 0 Å². The third-order valence-electron chi connectivity index (χ3n) is 4.25. The van der Waals surface area contributed by atoms with E-state index in [-0.39, 0.29) is 30.6 Å². The monoisotopic (exact) mass is 335 g/mol. The van der Waals surface area contributed by atoms with Crippen molar-refractivity contribution in [1.82, 2.24) is 4.90 Å². The number of amides is 1. The predicted molar refractivity (Wildman–Crippen MR) is 89.2 cm³/mol. The molecule has 1 aliphatic heterocycles. The van der Waals surface area contributed by atoms with E-state index in [1.54, 1.807) is 0 Å². The van der Waals surface area contributed by atoms with Gasteiger partial charge in [0.2, 0.25) is 0 Å². The topological polar surface area (TPSA) is 76.1 Å². The van der Waals surface area contributed by atoms with Gasteiger partial charge in [-0.3, -0.25) is 4.79 Å². The molecule has 1 aliphatic rings. The Morgan fingerprint density at radius 3 is 2.54 bits per heavy atom. The zero-order chi connectivity index (χ0) is 17.9. The number of carbonyl (C=O) groups is 2. The van der Waals surface area contributed by atoms with Crippen LogP contribution in [0.4, 0.5) is 0 Å². The maximum atomic E-state index is 12.4. The number of carboxylic acid groups (broad SMARTS) is 1. The summed E-state index contributed by atoms with van der Waals surface area (Å²) in [5.74, 6) is -0.712. The van der Waals surface area contributed by atoms with Crippen LogP contribution in [-0.4, -0.2) is 54.3 Å². The van der Waals surface area contributed by atoms with Crippen molar-refractivity contribution in [3.63, 3.8) is 0 Å². The first-order valence-corrected chi connectivity index (χ1v) is 8.01. The Balaban J connectivity index is 2.07. The van der Waals surface area contributed by atoms with Crippen molar-refractivity contribution >= 4 is 11.9 Å². The summed E-state index contributed by atoms with van der Waals surface area (Å²) in [4.78, 5) is 25.1. The predicted octanol–water partition coefficient (Wildman–Crippen LogP) is 2.06. The molecular formula is C18H25NO5. The number of ether oxygens (including phenoxy) is 2. The molecule has 1 heterocycles. The van der Waals surface area contributed by atoms with E-state index in [4.69, 9.17) is 9.47 Å². The van der Waals surface area contributed by atoms with Crippen molar-refractivity contribution in [2.24, 2.45) is 0 Å². The van der Waals surface area contributed by atoms with E-state index in [0.717, 1.165) is 5.56 Å². The van der Waals surface area contributed by atoms with Crippen molar-refractivity contribution in [2.45, 2.75) is 44.8 Å². The largest absolute Gasteiger partial charge is 0.483 e. The summed E-state index contributed by atoms with van der Waals surface area (Å²) in [6, 6.07) is 6.72. The minimum atomic E-state index is -1.02. The number of carbonyl (C=O) groups excluding carboxylic acids is 1. The molecule has 0 bridgehead atoms. The number of nitrogens with zero attached hydrogens (tertiary/aromatic N) is 1. The number of methoxy groups -OCH3 is 1. The quantitative estimate of drug-likeness (QED) is 0.891. The molecule has 6 nitrogen and oxygen atoms in total. The van der Waals surface area contributed by atoms with Gasteiger partial charge in [-0.05, 0) is 17.0 Å². The van der Waals surface area contributed by atoms with Gasteiger partial charge in [-0.15, -0.1) is 0 Å². The Bertz CT molecular complexity index is 608. The van der Waals surface area contributed by atoms with Crippen LogP contribution in [-0.2, 0) is 19.7 Å². The van der Waals surface area contributed by atoms with Crippen LogP contribution in [0.15, 0.2) is 24.3 Å². The summed E-state index contributed by atoms with van der Waals surface area (Å²) in [7, 11) is 1.52. The summed E-state index contributed by atoms with van der Waals surface area (Å²) in [5, 5.41) is 9.29. The number of rotatable bonds is 5. The van der Waals surface area contributed by atoms with E-state index in [0.29, 0.717) is 12.2 Å². The van der Waals surface area contributed by atoms with Gasteiger partial charge >= 0.3 is 5.97 Å². The summed E-state index contributed by atoms with van der Waals surface area (Å²) < 4.78 is 10.9. The lowest BCUT2D eigenvalue weighted by molar-refractivity contribution is -0.149. The van der Waals surface area contributed by atoms with Crippen molar-refractivity contribution in [2.75, 3.05) is 20.3 Å². The number of para-hydroxylation sites is 1. The van der Waals surface area contributed by atoms with E-state index in [9.17, 15) is 14.7 Å². The Labute approximate surface area is 142 Å². The number of likely N-dealkylation sites (tertiary alicyclic amines) is 1. The highest BCUT2D eigenvalue weighted by Gasteiger charge is 2.39.